The third-order valence-corrected chi connectivity index (χ3v) is 2.99. The Balaban J connectivity index is 2.17. The Hall–Kier alpha value is -2.48. The van der Waals surface area contributed by atoms with Crippen molar-refractivity contribution in [1.29, 1.82) is 0 Å². The smallest absolute Gasteiger partial charge is 0.257 e. The molecule has 0 spiro atoms. The summed E-state index contributed by atoms with van der Waals surface area (Å²) >= 11 is 0. The van der Waals surface area contributed by atoms with Gasteiger partial charge in [0.15, 0.2) is 5.82 Å². The first-order chi connectivity index (χ1) is 11.0. The zero-order chi connectivity index (χ0) is 16.8. The molecule has 0 unspecified atom stereocenters. The van der Waals surface area contributed by atoms with Gasteiger partial charge in [0.05, 0.1) is 6.54 Å². The molecule has 6 nitrogen and oxygen atoms in total. The Kier molecular flexibility index (Phi) is 5.64. The number of amides is 1. The molecule has 0 atom stereocenters. The van der Waals surface area contributed by atoms with Gasteiger partial charge >= 0.3 is 0 Å². The third kappa shape index (κ3) is 4.49. The second-order valence-corrected chi connectivity index (χ2v) is 4.72. The van der Waals surface area contributed by atoms with Crippen molar-refractivity contribution in [2.75, 3.05) is 12.0 Å². The molecule has 2 heterocycles. The van der Waals surface area contributed by atoms with E-state index in [0.29, 0.717) is 18.1 Å². The number of alkyl halides is 2. The highest BCUT2D eigenvalue weighted by Gasteiger charge is 2.19. The summed E-state index contributed by atoms with van der Waals surface area (Å²) in [7, 11) is 1.55. The van der Waals surface area contributed by atoms with Crippen LogP contribution in [-0.2, 0) is 29.2 Å². The lowest BCUT2D eigenvalue weighted by Crippen LogP contribution is -2.29. The maximum Gasteiger partial charge on any atom is 0.257 e. The van der Waals surface area contributed by atoms with Crippen LogP contribution in [0.5, 0.6) is 0 Å². The number of rotatable bonds is 8. The van der Waals surface area contributed by atoms with Gasteiger partial charge in [0, 0.05) is 19.4 Å². The Morgan fingerprint density at radius 3 is 2.87 bits per heavy atom. The molecule has 0 saturated heterocycles. The van der Waals surface area contributed by atoms with E-state index in [-0.39, 0.29) is 12.4 Å². The molecule has 124 valence electrons. The van der Waals surface area contributed by atoms with Crippen molar-refractivity contribution >= 4 is 11.7 Å². The molecule has 0 fully saturated rings. The van der Waals surface area contributed by atoms with Gasteiger partial charge in [0.1, 0.15) is 24.7 Å². The van der Waals surface area contributed by atoms with Crippen molar-refractivity contribution < 1.29 is 22.7 Å². The summed E-state index contributed by atoms with van der Waals surface area (Å²) in [5.74, 6) is 0.990. The van der Waals surface area contributed by atoms with Crippen molar-refractivity contribution in [3.8, 4) is 0 Å². The fourth-order valence-electron chi connectivity index (χ4n) is 2.00. The summed E-state index contributed by atoms with van der Waals surface area (Å²) in [6.45, 7) is 3.34. The van der Waals surface area contributed by atoms with Crippen LogP contribution < -0.4 is 4.90 Å². The summed E-state index contributed by atoms with van der Waals surface area (Å²) in [5, 5.41) is 3.99. The lowest BCUT2D eigenvalue weighted by molar-refractivity contribution is -0.114. The van der Waals surface area contributed by atoms with Crippen molar-refractivity contribution in [3.63, 3.8) is 0 Å². The predicted molar refractivity (Wildman–Crippen MR) is 79.0 cm³/mol. The van der Waals surface area contributed by atoms with Crippen LogP contribution in [0.2, 0.25) is 0 Å². The first kappa shape index (κ1) is 16.9. The fourth-order valence-corrected chi connectivity index (χ4v) is 2.00. The summed E-state index contributed by atoms with van der Waals surface area (Å²) < 4.78 is 36.4. The van der Waals surface area contributed by atoms with Crippen LogP contribution in [0, 0.1) is 0 Å². The molecule has 2 aromatic heterocycles. The lowest BCUT2D eigenvalue weighted by atomic mass is 10.3. The van der Waals surface area contributed by atoms with E-state index in [9.17, 15) is 13.6 Å². The molecule has 2 aromatic rings. The minimum Gasteiger partial charge on any atom is -0.462 e. The van der Waals surface area contributed by atoms with Crippen molar-refractivity contribution in [2.24, 2.45) is 0 Å². The van der Waals surface area contributed by atoms with Crippen molar-refractivity contribution in [3.05, 3.63) is 48.6 Å². The number of hydrogen-bond acceptors (Lipinski definition) is 4. The van der Waals surface area contributed by atoms with Gasteiger partial charge in [-0.2, -0.15) is 5.10 Å². The Bertz CT molecular complexity index is 666. The number of carbonyl (C=O) groups excluding carboxylic acids is 1. The summed E-state index contributed by atoms with van der Waals surface area (Å²) in [6, 6.07) is 4.95. The molecule has 0 aliphatic carbocycles. The highest BCUT2D eigenvalue weighted by atomic mass is 19.3. The fraction of sp³-hybridized carbons (Fsp3) is 0.333. The summed E-state index contributed by atoms with van der Waals surface area (Å²) in [6.07, 6.45) is 0.00192. The van der Waals surface area contributed by atoms with E-state index in [1.807, 2.05) is 0 Å². The summed E-state index contributed by atoms with van der Waals surface area (Å²) in [5.41, 5.74) is 0. The van der Waals surface area contributed by atoms with E-state index in [0.717, 1.165) is 10.8 Å². The minimum absolute atomic E-state index is 0.111. The van der Waals surface area contributed by atoms with Crippen LogP contribution in [0.25, 0.3) is 0 Å². The molecule has 2 rings (SSSR count). The van der Waals surface area contributed by atoms with E-state index < -0.39 is 18.9 Å². The maximum atomic E-state index is 12.4. The molecule has 0 radical (unpaired) electrons. The molecule has 0 aliphatic heterocycles. The molecule has 1 amide bonds. The van der Waals surface area contributed by atoms with Crippen LogP contribution in [-0.4, -0.2) is 29.2 Å². The Morgan fingerprint density at radius 2 is 2.22 bits per heavy atom. The van der Waals surface area contributed by atoms with Gasteiger partial charge in [0.2, 0.25) is 0 Å². The van der Waals surface area contributed by atoms with Gasteiger partial charge in [-0.15, -0.1) is 0 Å². The van der Waals surface area contributed by atoms with E-state index >= 15 is 0 Å². The standard InChI is InChI=1S/C15H17F2N3O3/c1-3-15(21)20(8-11-4-5-12(23-11)10-22-2)14-6-7-19(18-14)9-13(16)17/h3-7,13H,1,8-10H2,2H3. The van der Waals surface area contributed by atoms with Crippen LogP contribution in [0.15, 0.2) is 41.5 Å². The summed E-state index contributed by atoms with van der Waals surface area (Å²) in [4.78, 5) is 13.3. The van der Waals surface area contributed by atoms with Crippen LogP contribution in [0.3, 0.4) is 0 Å². The highest BCUT2D eigenvalue weighted by Crippen LogP contribution is 2.18. The third-order valence-electron chi connectivity index (χ3n) is 2.99. The molecule has 0 saturated carbocycles. The highest BCUT2D eigenvalue weighted by molar-refractivity contribution is 6.00. The maximum absolute atomic E-state index is 12.4. The van der Waals surface area contributed by atoms with E-state index in [2.05, 4.69) is 11.7 Å². The molecule has 0 N–H and O–H groups in total. The first-order valence-electron chi connectivity index (χ1n) is 6.85. The number of ether oxygens (including phenoxy) is 1. The van der Waals surface area contributed by atoms with Gasteiger partial charge in [-0.05, 0) is 18.2 Å². The number of methoxy groups -OCH3 is 1. The Morgan fingerprint density at radius 1 is 1.48 bits per heavy atom. The topological polar surface area (TPSA) is 60.5 Å². The number of furan rings is 1. The predicted octanol–water partition coefficient (Wildman–Crippen LogP) is 2.61. The monoisotopic (exact) mass is 325 g/mol. The first-order valence-corrected chi connectivity index (χ1v) is 6.85. The zero-order valence-corrected chi connectivity index (χ0v) is 12.6. The second kappa shape index (κ2) is 7.68. The number of carbonyl (C=O) groups is 1. The molecule has 0 bridgehead atoms. The van der Waals surface area contributed by atoms with Crippen LogP contribution >= 0.6 is 0 Å². The average molecular weight is 325 g/mol. The molecule has 23 heavy (non-hydrogen) atoms. The number of nitrogens with zero attached hydrogens (tertiary/aromatic N) is 3. The SMILES string of the molecule is C=CC(=O)N(Cc1ccc(COC)o1)c1ccn(CC(F)F)n1. The van der Waals surface area contributed by atoms with Gasteiger partial charge in [-0.3, -0.25) is 14.4 Å². The number of anilines is 1. The van der Waals surface area contributed by atoms with Crippen LogP contribution in [0.1, 0.15) is 11.5 Å². The van der Waals surface area contributed by atoms with Crippen molar-refractivity contribution in [1.82, 2.24) is 9.78 Å². The van der Waals surface area contributed by atoms with Crippen molar-refractivity contribution in [2.45, 2.75) is 26.1 Å². The average Bonchev–Trinajstić information content (AvgIpc) is 3.13. The van der Waals surface area contributed by atoms with E-state index in [1.165, 1.54) is 17.2 Å². The number of halogens is 2. The second-order valence-electron chi connectivity index (χ2n) is 4.72. The largest absolute Gasteiger partial charge is 0.462 e. The molecular formula is C15H17F2N3O3. The quantitative estimate of drug-likeness (QED) is 0.700. The van der Waals surface area contributed by atoms with E-state index in [1.54, 1.807) is 19.2 Å². The molecular weight excluding hydrogens is 308 g/mol. The molecule has 8 heteroatoms. The molecule has 0 aliphatic rings. The van der Waals surface area contributed by atoms with Gasteiger partial charge in [-0.25, -0.2) is 8.78 Å². The number of hydrogen-bond donors (Lipinski definition) is 0. The van der Waals surface area contributed by atoms with Gasteiger partial charge < -0.3 is 9.15 Å². The zero-order valence-electron chi connectivity index (χ0n) is 12.6. The van der Waals surface area contributed by atoms with Gasteiger partial charge in [0.25, 0.3) is 12.3 Å². The number of aromatic nitrogens is 2. The minimum atomic E-state index is -2.52. The Labute approximate surface area is 131 Å². The normalized spacial score (nSPS) is 11.0. The van der Waals surface area contributed by atoms with Gasteiger partial charge in [-0.1, -0.05) is 6.58 Å². The molecule has 0 aromatic carbocycles. The van der Waals surface area contributed by atoms with E-state index in [4.69, 9.17) is 9.15 Å². The van der Waals surface area contributed by atoms with Crippen LogP contribution in [0.4, 0.5) is 14.6 Å². The lowest BCUT2D eigenvalue weighted by Gasteiger charge is -2.17.